The van der Waals surface area contributed by atoms with Gasteiger partial charge in [-0.1, -0.05) is 91.0 Å². The highest BCUT2D eigenvalue weighted by Gasteiger charge is 2.29. The van der Waals surface area contributed by atoms with Gasteiger partial charge < -0.3 is 31.2 Å². The Kier molecular flexibility index (Phi) is 14.0. The summed E-state index contributed by atoms with van der Waals surface area (Å²) in [6.07, 6.45) is -0.410. The Labute approximate surface area is 325 Å². The van der Waals surface area contributed by atoms with E-state index < -0.39 is 41.6 Å². The molecule has 2 atom stereocenters. The molecule has 1 aliphatic rings. The molecule has 0 fully saturated rings. The molecule has 0 unspecified atom stereocenters. The minimum Gasteiger partial charge on any atom is -0.494 e. The Hall–Kier alpha value is -5.78. The van der Waals surface area contributed by atoms with E-state index in [9.17, 15) is 23.2 Å². The summed E-state index contributed by atoms with van der Waals surface area (Å²) in [5.74, 6) is -2.51. The third kappa shape index (κ3) is 10.5. The van der Waals surface area contributed by atoms with E-state index in [0.717, 1.165) is 51.1 Å². The van der Waals surface area contributed by atoms with E-state index in [0.29, 0.717) is 17.9 Å². The summed E-state index contributed by atoms with van der Waals surface area (Å²) >= 11 is 0. The van der Waals surface area contributed by atoms with Crippen molar-refractivity contribution in [2.75, 3.05) is 13.2 Å². The van der Waals surface area contributed by atoms with Gasteiger partial charge in [-0.05, 0) is 82.1 Å². The van der Waals surface area contributed by atoms with Gasteiger partial charge in [-0.2, -0.15) is 0 Å². The standard InChI is InChI=1S/C43H42F2N4O5.ClH/c1-2-53-31-18-15-27(16-19-31)22-39(46)41(50)49-40(23-30-17-20-37(44)38(45)21-30)42(51)47-24-28-11-13-29(14-12-28)25-48-43(52)54-26-36-34-9-5-3-7-32(34)33-8-4-6-10-35(33)36;/h3-21,36,39-40H,2,22-26,46H2,1H3,(H,47,51)(H,48,52)(H,49,50);1H/t39-,40+;/m1./s1. The molecule has 12 heteroatoms. The first kappa shape index (κ1) is 40.4. The van der Waals surface area contributed by atoms with Crippen LogP contribution in [0.3, 0.4) is 0 Å². The lowest BCUT2D eigenvalue weighted by Crippen LogP contribution is -2.53. The second kappa shape index (κ2) is 19.0. The number of benzene rings is 5. The van der Waals surface area contributed by atoms with Crippen molar-refractivity contribution in [2.45, 2.75) is 50.9 Å². The third-order valence-corrected chi connectivity index (χ3v) is 9.35. The Balaban J connectivity index is 0.00000580. The van der Waals surface area contributed by atoms with Gasteiger partial charge in [0.15, 0.2) is 11.6 Å². The quantitative estimate of drug-likeness (QED) is 0.0934. The number of alkyl carbamates (subject to hydrolysis) is 1. The number of hydrogen-bond donors (Lipinski definition) is 4. The summed E-state index contributed by atoms with van der Waals surface area (Å²) in [6, 6.07) is 32.0. The molecule has 5 N–H and O–H groups in total. The van der Waals surface area contributed by atoms with Gasteiger partial charge >= 0.3 is 6.09 Å². The predicted molar refractivity (Wildman–Crippen MR) is 209 cm³/mol. The number of fused-ring (bicyclic) bond motifs is 3. The van der Waals surface area contributed by atoms with E-state index in [1.54, 1.807) is 12.1 Å². The Bertz CT molecular complexity index is 2050. The van der Waals surface area contributed by atoms with Crippen LogP contribution in [0, 0.1) is 11.6 Å². The summed E-state index contributed by atoms with van der Waals surface area (Å²) in [5, 5.41) is 8.31. The lowest BCUT2D eigenvalue weighted by molar-refractivity contribution is -0.129. The average Bonchev–Trinajstić information content (AvgIpc) is 3.51. The minimum atomic E-state index is -1.12. The molecule has 0 spiro atoms. The first-order valence-corrected chi connectivity index (χ1v) is 17.8. The van der Waals surface area contributed by atoms with Crippen LogP contribution in [0.5, 0.6) is 5.75 Å². The van der Waals surface area contributed by atoms with Crippen LogP contribution in [0.2, 0.25) is 0 Å². The first-order valence-electron chi connectivity index (χ1n) is 17.8. The maximum atomic E-state index is 14.0. The number of carbonyl (C=O) groups is 3. The van der Waals surface area contributed by atoms with Crippen LogP contribution in [0.15, 0.2) is 115 Å². The molecule has 3 amide bonds. The van der Waals surface area contributed by atoms with Crippen LogP contribution in [0.1, 0.15) is 46.2 Å². The summed E-state index contributed by atoms with van der Waals surface area (Å²) in [4.78, 5) is 39.2. The largest absolute Gasteiger partial charge is 0.494 e. The van der Waals surface area contributed by atoms with E-state index in [4.69, 9.17) is 15.2 Å². The fourth-order valence-corrected chi connectivity index (χ4v) is 6.54. The number of hydrogen-bond acceptors (Lipinski definition) is 6. The Morgan fingerprint density at radius 2 is 1.25 bits per heavy atom. The molecule has 286 valence electrons. The van der Waals surface area contributed by atoms with Crippen LogP contribution >= 0.6 is 12.4 Å². The molecule has 1 aliphatic carbocycles. The Morgan fingerprint density at radius 1 is 0.691 bits per heavy atom. The van der Waals surface area contributed by atoms with Crippen LogP contribution in [-0.2, 0) is 40.3 Å². The van der Waals surface area contributed by atoms with Crippen LogP contribution in [-0.4, -0.2) is 43.2 Å². The number of carbonyl (C=O) groups excluding carboxylic acids is 3. The second-order valence-electron chi connectivity index (χ2n) is 13.1. The van der Waals surface area contributed by atoms with E-state index in [1.807, 2.05) is 67.6 Å². The van der Waals surface area contributed by atoms with Crippen LogP contribution in [0.4, 0.5) is 13.6 Å². The van der Waals surface area contributed by atoms with E-state index in [1.165, 1.54) is 6.07 Å². The minimum absolute atomic E-state index is 0. The molecule has 5 aromatic carbocycles. The molecule has 0 heterocycles. The summed E-state index contributed by atoms with van der Waals surface area (Å²) in [6.45, 7) is 2.99. The van der Waals surface area contributed by atoms with Crippen LogP contribution < -0.4 is 26.4 Å². The van der Waals surface area contributed by atoms with E-state index >= 15 is 0 Å². The topological polar surface area (TPSA) is 132 Å². The first-order chi connectivity index (χ1) is 26.2. The molecular weight excluding hydrogens is 726 g/mol. The zero-order chi connectivity index (χ0) is 38.0. The monoisotopic (exact) mass is 768 g/mol. The fraction of sp³-hybridized carbons (Fsp3) is 0.233. The zero-order valence-electron chi connectivity index (χ0n) is 30.2. The van der Waals surface area contributed by atoms with Gasteiger partial charge in [0.2, 0.25) is 11.8 Å². The van der Waals surface area contributed by atoms with Gasteiger partial charge in [-0.15, -0.1) is 12.4 Å². The molecule has 0 bridgehead atoms. The SMILES string of the molecule is CCOc1ccc(C[C@@H](N)C(=O)N[C@@H](Cc2ccc(F)c(F)c2)C(=O)NCc2ccc(CNC(=O)OCC3c4ccccc4-c4ccccc43)cc2)cc1.Cl. The zero-order valence-corrected chi connectivity index (χ0v) is 31.0. The fourth-order valence-electron chi connectivity index (χ4n) is 6.54. The lowest BCUT2D eigenvalue weighted by Gasteiger charge is -2.21. The molecule has 0 aromatic heterocycles. The highest BCUT2D eigenvalue weighted by atomic mass is 35.5. The molecular formula is C43H43ClF2N4O5. The lowest BCUT2D eigenvalue weighted by atomic mass is 9.98. The van der Waals surface area contributed by atoms with Crippen LogP contribution in [0.25, 0.3) is 11.1 Å². The third-order valence-electron chi connectivity index (χ3n) is 9.35. The number of nitrogens with two attached hydrogens (primary N) is 1. The molecule has 0 aliphatic heterocycles. The van der Waals surface area contributed by atoms with Gasteiger partial charge in [0.25, 0.3) is 0 Å². The maximum Gasteiger partial charge on any atom is 0.407 e. The number of nitrogens with one attached hydrogen (secondary N) is 3. The van der Waals surface area contributed by atoms with Crippen molar-refractivity contribution < 1.29 is 32.6 Å². The molecule has 5 aromatic rings. The molecule has 0 radical (unpaired) electrons. The normalized spacial score (nSPS) is 12.7. The number of amides is 3. The summed E-state index contributed by atoms with van der Waals surface area (Å²) in [7, 11) is 0. The molecule has 0 saturated heterocycles. The Morgan fingerprint density at radius 3 is 1.85 bits per heavy atom. The highest BCUT2D eigenvalue weighted by molar-refractivity contribution is 5.90. The van der Waals surface area contributed by atoms with Crippen molar-refractivity contribution in [2.24, 2.45) is 5.73 Å². The molecule has 6 rings (SSSR count). The second-order valence-corrected chi connectivity index (χ2v) is 13.1. The smallest absolute Gasteiger partial charge is 0.407 e. The van der Waals surface area contributed by atoms with Crippen molar-refractivity contribution in [3.05, 3.63) is 160 Å². The van der Waals surface area contributed by atoms with E-state index in [2.05, 4.69) is 40.2 Å². The molecule has 9 nitrogen and oxygen atoms in total. The average molecular weight is 769 g/mol. The number of halogens is 3. The highest BCUT2D eigenvalue weighted by Crippen LogP contribution is 2.44. The van der Waals surface area contributed by atoms with Crippen molar-refractivity contribution in [1.82, 2.24) is 16.0 Å². The summed E-state index contributed by atoms with van der Waals surface area (Å²) < 4.78 is 38.7. The van der Waals surface area contributed by atoms with Gasteiger partial charge in [-0.25, -0.2) is 13.6 Å². The van der Waals surface area contributed by atoms with E-state index in [-0.39, 0.29) is 50.9 Å². The number of rotatable bonds is 15. The predicted octanol–water partition coefficient (Wildman–Crippen LogP) is 6.74. The maximum absolute atomic E-state index is 14.0. The summed E-state index contributed by atoms with van der Waals surface area (Å²) in [5.41, 5.74) is 13.5. The van der Waals surface area contributed by atoms with Gasteiger partial charge in [0, 0.05) is 25.4 Å². The molecule has 0 saturated carbocycles. The van der Waals surface area contributed by atoms with Gasteiger partial charge in [0.1, 0.15) is 18.4 Å². The van der Waals surface area contributed by atoms with Gasteiger partial charge in [0.05, 0.1) is 12.6 Å². The van der Waals surface area contributed by atoms with Crippen molar-refractivity contribution in [1.29, 1.82) is 0 Å². The van der Waals surface area contributed by atoms with Crippen molar-refractivity contribution >= 4 is 30.3 Å². The molecule has 55 heavy (non-hydrogen) atoms. The van der Waals surface area contributed by atoms with Crippen molar-refractivity contribution in [3.63, 3.8) is 0 Å². The van der Waals surface area contributed by atoms with Crippen molar-refractivity contribution in [3.8, 4) is 16.9 Å². The van der Waals surface area contributed by atoms with Gasteiger partial charge in [-0.3, -0.25) is 9.59 Å². The number of ether oxygens (including phenoxy) is 2.